The summed E-state index contributed by atoms with van der Waals surface area (Å²) in [5, 5.41) is 11.7. The summed E-state index contributed by atoms with van der Waals surface area (Å²) in [5.41, 5.74) is 1.51. The predicted molar refractivity (Wildman–Crippen MR) is 97.4 cm³/mol. The van der Waals surface area contributed by atoms with Gasteiger partial charge in [-0.1, -0.05) is 12.1 Å². The second kappa shape index (κ2) is 7.19. The van der Waals surface area contributed by atoms with E-state index >= 15 is 0 Å². The molecule has 142 valence electrons. The van der Waals surface area contributed by atoms with Crippen molar-refractivity contribution in [3.05, 3.63) is 53.9 Å². The largest absolute Gasteiger partial charge is 0.417 e. The predicted octanol–water partition coefficient (Wildman–Crippen LogP) is 3.74. The van der Waals surface area contributed by atoms with Crippen LogP contribution in [0.3, 0.4) is 0 Å². The minimum atomic E-state index is -4.35. The number of piperidine rings is 1. The third-order valence-electron chi connectivity index (χ3n) is 5.00. The average molecular weight is 375 g/mol. The maximum Gasteiger partial charge on any atom is 0.417 e. The van der Waals surface area contributed by atoms with Crippen molar-refractivity contribution in [3.63, 3.8) is 0 Å². The van der Waals surface area contributed by atoms with E-state index in [0.717, 1.165) is 55.6 Å². The molecule has 0 unspecified atom stereocenters. The van der Waals surface area contributed by atoms with Crippen molar-refractivity contribution < 1.29 is 13.2 Å². The number of halogens is 3. The first-order valence-electron chi connectivity index (χ1n) is 8.92. The lowest BCUT2D eigenvalue weighted by Crippen LogP contribution is -2.42. The highest BCUT2D eigenvalue weighted by atomic mass is 19.4. The van der Waals surface area contributed by atoms with Gasteiger partial charge in [-0.2, -0.15) is 18.3 Å². The van der Waals surface area contributed by atoms with Gasteiger partial charge in [0.1, 0.15) is 5.82 Å². The van der Waals surface area contributed by atoms with Crippen molar-refractivity contribution in [2.75, 3.05) is 18.0 Å². The topological polar surface area (TPSA) is 56.8 Å². The van der Waals surface area contributed by atoms with Gasteiger partial charge in [0.25, 0.3) is 0 Å². The monoisotopic (exact) mass is 375 g/mol. The Morgan fingerprint density at radius 2 is 1.93 bits per heavy atom. The number of rotatable bonds is 4. The van der Waals surface area contributed by atoms with Crippen LogP contribution in [0.4, 0.5) is 19.0 Å². The molecular weight excluding hydrogens is 355 g/mol. The number of nitrogens with one attached hydrogen (secondary N) is 2. The molecule has 0 saturated carbocycles. The molecule has 4 rings (SSSR count). The SMILES string of the molecule is FC(F)(F)c1ccc(N2CCC(NCc3ccc4cn[nH]c4c3)CC2)nc1. The summed E-state index contributed by atoms with van der Waals surface area (Å²) < 4.78 is 37.9. The molecule has 0 spiro atoms. The van der Waals surface area contributed by atoms with Gasteiger partial charge in [-0.05, 0) is 36.6 Å². The number of pyridine rings is 1. The van der Waals surface area contributed by atoms with Gasteiger partial charge in [0.2, 0.25) is 0 Å². The maximum atomic E-state index is 12.6. The fourth-order valence-electron chi connectivity index (χ4n) is 3.41. The highest BCUT2D eigenvalue weighted by Gasteiger charge is 2.31. The molecule has 0 bridgehead atoms. The van der Waals surface area contributed by atoms with Crippen LogP contribution in [0.1, 0.15) is 24.0 Å². The third-order valence-corrected chi connectivity index (χ3v) is 5.00. The van der Waals surface area contributed by atoms with E-state index < -0.39 is 11.7 Å². The fraction of sp³-hybridized carbons (Fsp3) is 0.368. The van der Waals surface area contributed by atoms with Crippen molar-refractivity contribution in [2.45, 2.75) is 31.6 Å². The van der Waals surface area contributed by atoms with Crippen LogP contribution >= 0.6 is 0 Å². The van der Waals surface area contributed by atoms with E-state index in [1.54, 1.807) is 6.20 Å². The van der Waals surface area contributed by atoms with Crippen LogP contribution in [-0.4, -0.2) is 34.3 Å². The number of anilines is 1. The molecule has 1 fully saturated rings. The van der Waals surface area contributed by atoms with Gasteiger partial charge in [0.05, 0.1) is 17.3 Å². The van der Waals surface area contributed by atoms with Gasteiger partial charge in [-0.15, -0.1) is 0 Å². The summed E-state index contributed by atoms with van der Waals surface area (Å²) in [5.74, 6) is 0.603. The van der Waals surface area contributed by atoms with Crippen LogP contribution in [0.5, 0.6) is 0 Å². The summed E-state index contributed by atoms with van der Waals surface area (Å²) in [6.07, 6.45) is 0.217. The van der Waals surface area contributed by atoms with E-state index in [2.05, 4.69) is 38.7 Å². The number of hydrogen-bond acceptors (Lipinski definition) is 4. The van der Waals surface area contributed by atoms with Gasteiger partial charge in [0, 0.05) is 37.3 Å². The third kappa shape index (κ3) is 4.05. The molecule has 0 aliphatic carbocycles. The Balaban J connectivity index is 1.29. The van der Waals surface area contributed by atoms with E-state index in [1.165, 1.54) is 11.6 Å². The Bertz CT molecular complexity index is 896. The van der Waals surface area contributed by atoms with Gasteiger partial charge in [-0.3, -0.25) is 5.10 Å². The van der Waals surface area contributed by atoms with Crippen molar-refractivity contribution in [1.29, 1.82) is 0 Å². The summed E-state index contributed by atoms with van der Waals surface area (Å²) in [7, 11) is 0. The van der Waals surface area contributed by atoms with Gasteiger partial charge >= 0.3 is 6.18 Å². The van der Waals surface area contributed by atoms with Crippen LogP contribution in [0.25, 0.3) is 10.9 Å². The molecule has 5 nitrogen and oxygen atoms in total. The van der Waals surface area contributed by atoms with Crippen LogP contribution in [0.2, 0.25) is 0 Å². The normalized spacial score (nSPS) is 16.2. The minimum absolute atomic E-state index is 0.383. The fourth-order valence-corrected chi connectivity index (χ4v) is 3.41. The number of hydrogen-bond donors (Lipinski definition) is 2. The molecule has 8 heteroatoms. The number of aromatic nitrogens is 3. The Labute approximate surface area is 154 Å². The zero-order valence-electron chi connectivity index (χ0n) is 14.6. The summed E-state index contributed by atoms with van der Waals surface area (Å²) in [6, 6.07) is 9.17. The minimum Gasteiger partial charge on any atom is -0.357 e. The molecule has 3 aromatic rings. The number of aromatic amines is 1. The molecule has 1 aliphatic heterocycles. The van der Waals surface area contributed by atoms with Crippen LogP contribution in [0.15, 0.2) is 42.7 Å². The first kappa shape index (κ1) is 17.8. The van der Waals surface area contributed by atoms with E-state index in [0.29, 0.717) is 11.9 Å². The molecule has 3 heterocycles. The van der Waals surface area contributed by atoms with E-state index in [-0.39, 0.29) is 0 Å². The van der Waals surface area contributed by atoms with Crippen molar-refractivity contribution in [3.8, 4) is 0 Å². The molecule has 1 aromatic carbocycles. The zero-order valence-corrected chi connectivity index (χ0v) is 14.6. The van der Waals surface area contributed by atoms with Crippen LogP contribution in [0, 0.1) is 0 Å². The zero-order chi connectivity index (χ0) is 18.9. The Kier molecular flexibility index (Phi) is 4.73. The molecule has 0 atom stereocenters. The van der Waals surface area contributed by atoms with Gasteiger partial charge < -0.3 is 10.2 Å². The first-order valence-corrected chi connectivity index (χ1v) is 8.92. The second-order valence-electron chi connectivity index (χ2n) is 6.84. The summed E-state index contributed by atoms with van der Waals surface area (Å²) >= 11 is 0. The smallest absolute Gasteiger partial charge is 0.357 e. The van der Waals surface area contributed by atoms with E-state index in [9.17, 15) is 13.2 Å². The quantitative estimate of drug-likeness (QED) is 0.730. The van der Waals surface area contributed by atoms with Crippen LogP contribution in [-0.2, 0) is 12.7 Å². The Morgan fingerprint density at radius 1 is 1.11 bits per heavy atom. The lowest BCUT2D eigenvalue weighted by Gasteiger charge is -2.33. The number of fused-ring (bicyclic) bond motifs is 1. The highest BCUT2D eigenvalue weighted by molar-refractivity contribution is 5.78. The van der Waals surface area contributed by atoms with Gasteiger partial charge in [-0.25, -0.2) is 4.98 Å². The molecule has 0 amide bonds. The molecule has 1 saturated heterocycles. The Morgan fingerprint density at radius 3 is 2.63 bits per heavy atom. The highest BCUT2D eigenvalue weighted by Crippen LogP contribution is 2.29. The number of benzene rings is 1. The lowest BCUT2D eigenvalue weighted by molar-refractivity contribution is -0.137. The van der Waals surface area contributed by atoms with E-state index in [1.807, 2.05) is 4.90 Å². The molecule has 2 aromatic heterocycles. The summed E-state index contributed by atoms with van der Waals surface area (Å²) in [6.45, 7) is 2.32. The molecule has 27 heavy (non-hydrogen) atoms. The summed E-state index contributed by atoms with van der Waals surface area (Å²) in [4.78, 5) is 6.02. The average Bonchev–Trinajstić information content (AvgIpc) is 3.14. The second-order valence-corrected chi connectivity index (χ2v) is 6.84. The maximum absolute atomic E-state index is 12.6. The number of alkyl halides is 3. The molecule has 2 N–H and O–H groups in total. The van der Waals surface area contributed by atoms with Crippen molar-refractivity contribution in [1.82, 2.24) is 20.5 Å². The first-order chi connectivity index (χ1) is 13.0. The standard InChI is InChI=1S/C19H20F3N5/c20-19(21,22)15-3-4-18(24-12-15)27-7-5-16(6-8-27)23-10-13-1-2-14-11-25-26-17(14)9-13/h1-4,9,11-12,16,23H,5-8,10H2,(H,25,26). The molecule has 0 radical (unpaired) electrons. The molecular formula is C19H20F3N5. The van der Waals surface area contributed by atoms with E-state index in [4.69, 9.17) is 0 Å². The Hall–Kier alpha value is -2.61. The lowest BCUT2D eigenvalue weighted by atomic mass is 10.0. The van der Waals surface area contributed by atoms with Crippen molar-refractivity contribution in [2.24, 2.45) is 0 Å². The van der Waals surface area contributed by atoms with Crippen molar-refractivity contribution >= 4 is 16.7 Å². The van der Waals surface area contributed by atoms with Gasteiger partial charge in [0.15, 0.2) is 0 Å². The number of nitrogens with zero attached hydrogens (tertiary/aromatic N) is 3. The number of H-pyrrole nitrogens is 1. The molecule has 1 aliphatic rings. The van der Waals surface area contributed by atoms with Crippen LogP contribution < -0.4 is 10.2 Å².